The van der Waals surface area contributed by atoms with Crippen molar-refractivity contribution in [2.75, 3.05) is 25.0 Å². The molecule has 4 heteroatoms. The van der Waals surface area contributed by atoms with Gasteiger partial charge in [0.25, 0.3) is 0 Å². The van der Waals surface area contributed by atoms with Gasteiger partial charge < -0.3 is 10.2 Å². The van der Waals surface area contributed by atoms with Crippen LogP contribution < -0.4 is 5.32 Å². The summed E-state index contributed by atoms with van der Waals surface area (Å²) in [6, 6.07) is 11.4. The number of anilines is 1. The van der Waals surface area contributed by atoms with Crippen molar-refractivity contribution in [3.63, 3.8) is 0 Å². The van der Waals surface area contributed by atoms with Gasteiger partial charge in [-0.3, -0.25) is 4.68 Å². The third kappa shape index (κ3) is 2.81. The summed E-state index contributed by atoms with van der Waals surface area (Å²) in [5, 5.41) is 7.98. The van der Waals surface area contributed by atoms with Gasteiger partial charge in [-0.2, -0.15) is 5.10 Å². The van der Waals surface area contributed by atoms with Gasteiger partial charge >= 0.3 is 0 Å². The highest BCUT2D eigenvalue weighted by molar-refractivity contribution is 5.46. The molecule has 5 rings (SSSR count). The summed E-state index contributed by atoms with van der Waals surface area (Å²) in [6.07, 6.45) is 6.53. The van der Waals surface area contributed by atoms with Gasteiger partial charge in [-0.25, -0.2) is 0 Å². The highest BCUT2D eigenvalue weighted by Gasteiger charge is 2.33. The van der Waals surface area contributed by atoms with Gasteiger partial charge in [-0.05, 0) is 55.6 Å². The lowest BCUT2D eigenvalue weighted by atomic mass is 9.84. The van der Waals surface area contributed by atoms with Gasteiger partial charge in [0.15, 0.2) is 0 Å². The zero-order valence-corrected chi connectivity index (χ0v) is 12.3. The van der Waals surface area contributed by atoms with Crippen LogP contribution in [0.3, 0.4) is 0 Å². The van der Waals surface area contributed by atoms with Crippen LogP contribution in [-0.2, 0) is 6.54 Å². The van der Waals surface area contributed by atoms with Crippen molar-refractivity contribution in [3.05, 3.63) is 48.3 Å². The Morgan fingerprint density at radius 2 is 1.95 bits per heavy atom. The van der Waals surface area contributed by atoms with Crippen LogP contribution in [0.2, 0.25) is 0 Å². The summed E-state index contributed by atoms with van der Waals surface area (Å²) in [5.41, 5.74) is 2.54. The lowest BCUT2D eigenvalue weighted by Gasteiger charge is -2.45. The summed E-state index contributed by atoms with van der Waals surface area (Å²) in [4.78, 5) is 2.59. The largest absolute Gasteiger partial charge is 0.381 e. The van der Waals surface area contributed by atoms with E-state index in [1.165, 1.54) is 43.7 Å². The summed E-state index contributed by atoms with van der Waals surface area (Å²) in [5.74, 6) is 0.860. The molecule has 0 saturated carbocycles. The first-order valence-corrected chi connectivity index (χ1v) is 7.92. The molecule has 0 amide bonds. The van der Waals surface area contributed by atoms with Crippen molar-refractivity contribution in [2.45, 2.75) is 25.4 Å². The van der Waals surface area contributed by atoms with Gasteiger partial charge in [0.05, 0.1) is 6.54 Å². The molecule has 4 nitrogen and oxygen atoms in total. The second kappa shape index (κ2) is 5.53. The minimum atomic E-state index is 0.629. The van der Waals surface area contributed by atoms with E-state index < -0.39 is 0 Å². The zero-order chi connectivity index (χ0) is 14.1. The number of rotatable bonds is 4. The van der Waals surface area contributed by atoms with Crippen LogP contribution in [0, 0.1) is 5.92 Å². The number of piperidine rings is 3. The topological polar surface area (TPSA) is 33.1 Å². The third-order valence-corrected chi connectivity index (χ3v) is 4.87. The molecule has 1 aromatic heterocycles. The van der Waals surface area contributed by atoms with Crippen LogP contribution in [0.25, 0.3) is 0 Å². The highest BCUT2D eigenvalue weighted by Crippen LogP contribution is 2.29. The Morgan fingerprint density at radius 1 is 1.14 bits per heavy atom. The molecular weight excluding hydrogens is 260 g/mol. The van der Waals surface area contributed by atoms with Gasteiger partial charge in [0, 0.05) is 30.7 Å². The fraction of sp³-hybridized carbons (Fsp3) is 0.471. The molecule has 0 spiro atoms. The maximum atomic E-state index is 4.25. The molecule has 0 aliphatic carbocycles. The summed E-state index contributed by atoms with van der Waals surface area (Å²) in [6.45, 7) is 4.64. The molecule has 1 N–H and O–H groups in total. The number of nitrogens with zero attached hydrogens (tertiary/aromatic N) is 3. The van der Waals surface area contributed by atoms with Crippen LogP contribution in [0.5, 0.6) is 0 Å². The minimum Gasteiger partial charge on any atom is -0.381 e. The first-order chi connectivity index (χ1) is 10.4. The Morgan fingerprint density at radius 3 is 2.57 bits per heavy atom. The molecule has 1 aromatic carbocycles. The average Bonchev–Trinajstić information content (AvgIpc) is 3.03. The van der Waals surface area contributed by atoms with Crippen molar-refractivity contribution in [2.24, 2.45) is 5.92 Å². The van der Waals surface area contributed by atoms with Crippen molar-refractivity contribution in [1.82, 2.24) is 14.7 Å². The number of fused-ring (bicyclic) bond motifs is 3. The normalized spacial score (nSPS) is 27.7. The monoisotopic (exact) mass is 282 g/mol. The van der Waals surface area contributed by atoms with E-state index in [9.17, 15) is 0 Å². The third-order valence-electron chi connectivity index (χ3n) is 4.87. The SMILES string of the molecule is c1cnn(Cc2ccc(NC3CN4CCC3CC4)cc2)c1. The fourth-order valence-electron chi connectivity index (χ4n) is 3.63. The molecule has 4 heterocycles. The Bertz CT molecular complexity index is 567. The molecule has 1 unspecified atom stereocenters. The van der Waals surface area contributed by atoms with E-state index in [1.807, 2.05) is 23.1 Å². The molecule has 21 heavy (non-hydrogen) atoms. The average molecular weight is 282 g/mol. The second-order valence-corrected chi connectivity index (χ2v) is 6.29. The van der Waals surface area contributed by atoms with Crippen molar-refractivity contribution in [1.29, 1.82) is 0 Å². The molecule has 3 aliphatic rings. The summed E-state index contributed by atoms with van der Waals surface area (Å²) in [7, 11) is 0. The lowest BCUT2D eigenvalue weighted by molar-refractivity contribution is 0.0975. The Hall–Kier alpha value is -1.81. The van der Waals surface area contributed by atoms with Crippen LogP contribution in [0.4, 0.5) is 5.69 Å². The number of hydrogen-bond acceptors (Lipinski definition) is 3. The van der Waals surface area contributed by atoms with Gasteiger partial charge in [-0.15, -0.1) is 0 Å². The number of hydrogen-bond donors (Lipinski definition) is 1. The zero-order valence-electron chi connectivity index (χ0n) is 12.3. The minimum absolute atomic E-state index is 0.629. The van der Waals surface area contributed by atoms with Crippen molar-refractivity contribution in [3.8, 4) is 0 Å². The summed E-state index contributed by atoms with van der Waals surface area (Å²) < 4.78 is 1.95. The van der Waals surface area contributed by atoms with Gasteiger partial charge in [0.2, 0.25) is 0 Å². The molecule has 3 saturated heterocycles. The predicted octanol–water partition coefficient (Wildman–Crippen LogP) is 2.44. The summed E-state index contributed by atoms with van der Waals surface area (Å²) >= 11 is 0. The molecule has 3 fully saturated rings. The molecule has 1 atom stereocenters. The van der Waals surface area contributed by atoms with E-state index in [0.717, 1.165) is 12.5 Å². The van der Waals surface area contributed by atoms with E-state index >= 15 is 0 Å². The quantitative estimate of drug-likeness (QED) is 0.935. The van der Waals surface area contributed by atoms with E-state index in [-0.39, 0.29) is 0 Å². The standard InChI is InChI=1S/C17H22N4/c1-8-18-21(9-1)12-14-2-4-16(5-3-14)19-17-13-20-10-6-15(17)7-11-20/h1-5,8-9,15,17,19H,6-7,10-13H2. The first-order valence-electron chi connectivity index (χ1n) is 7.92. The van der Waals surface area contributed by atoms with E-state index in [2.05, 4.69) is 39.6 Å². The number of aromatic nitrogens is 2. The Labute approximate surface area is 125 Å². The molecule has 0 radical (unpaired) electrons. The van der Waals surface area contributed by atoms with Crippen LogP contribution in [0.15, 0.2) is 42.7 Å². The molecule has 3 aliphatic heterocycles. The first kappa shape index (κ1) is 12.9. The van der Waals surface area contributed by atoms with Crippen LogP contribution in [-0.4, -0.2) is 40.4 Å². The van der Waals surface area contributed by atoms with Gasteiger partial charge in [-0.1, -0.05) is 12.1 Å². The number of nitrogens with one attached hydrogen (secondary N) is 1. The second-order valence-electron chi connectivity index (χ2n) is 6.29. The van der Waals surface area contributed by atoms with E-state index in [4.69, 9.17) is 0 Å². The lowest BCUT2D eigenvalue weighted by Crippen LogP contribution is -2.53. The van der Waals surface area contributed by atoms with Crippen LogP contribution >= 0.6 is 0 Å². The van der Waals surface area contributed by atoms with E-state index in [0.29, 0.717) is 6.04 Å². The van der Waals surface area contributed by atoms with Crippen molar-refractivity contribution < 1.29 is 0 Å². The maximum Gasteiger partial charge on any atom is 0.0659 e. The number of benzene rings is 1. The van der Waals surface area contributed by atoms with Gasteiger partial charge in [0.1, 0.15) is 0 Å². The molecule has 110 valence electrons. The highest BCUT2D eigenvalue weighted by atomic mass is 15.3. The smallest absolute Gasteiger partial charge is 0.0659 e. The predicted molar refractivity (Wildman–Crippen MR) is 84.3 cm³/mol. The molecule has 2 bridgehead atoms. The van der Waals surface area contributed by atoms with Crippen molar-refractivity contribution >= 4 is 5.69 Å². The van der Waals surface area contributed by atoms with Crippen LogP contribution in [0.1, 0.15) is 18.4 Å². The molecule has 2 aromatic rings. The van der Waals surface area contributed by atoms with E-state index in [1.54, 1.807) is 0 Å². The Balaban J connectivity index is 1.40. The Kier molecular flexibility index (Phi) is 3.39. The maximum absolute atomic E-state index is 4.25. The molecular formula is C17H22N4. The fourth-order valence-corrected chi connectivity index (χ4v) is 3.63.